The average Bonchev–Trinajstić information content (AvgIpc) is 2.93. The number of rotatable bonds is 3. The molecule has 0 saturated carbocycles. The third-order valence-corrected chi connectivity index (χ3v) is 4.40. The fraction of sp³-hybridized carbons (Fsp3) is 0.0667. The van der Waals surface area contributed by atoms with Gasteiger partial charge in [0.25, 0.3) is 0 Å². The van der Waals surface area contributed by atoms with Gasteiger partial charge in [-0.15, -0.1) is 0 Å². The number of thiazole rings is 1. The fourth-order valence-electron chi connectivity index (χ4n) is 1.92. The lowest BCUT2D eigenvalue weighted by atomic mass is 10.3. The van der Waals surface area contributed by atoms with E-state index in [1.165, 1.54) is 11.3 Å². The van der Waals surface area contributed by atoms with Gasteiger partial charge in [-0.05, 0) is 24.3 Å². The number of benzene rings is 2. The molecule has 0 unspecified atom stereocenters. The number of hydrogen-bond donors (Lipinski definition) is 2. The summed E-state index contributed by atoms with van der Waals surface area (Å²) in [6, 6.07) is 14.5. The van der Waals surface area contributed by atoms with E-state index >= 15 is 0 Å². The Morgan fingerprint density at radius 3 is 2.68 bits per heavy atom. The van der Waals surface area contributed by atoms with E-state index in [1.807, 2.05) is 24.3 Å². The Morgan fingerprint density at radius 2 is 1.91 bits per heavy atom. The van der Waals surface area contributed by atoms with Gasteiger partial charge in [0.1, 0.15) is 0 Å². The molecule has 112 valence electrons. The second-order valence-electron chi connectivity index (χ2n) is 4.57. The molecule has 2 aromatic carbocycles. The van der Waals surface area contributed by atoms with Crippen molar-refractivity contribution in [1.29, 1.82) is 0 Å². The first-order valence-corrected chi connectivity index (χ1v) is 7.74. The first-order valence-electron chi connectivity index (χ1n) is 6.55. The van der Waals surface area contributed by atoms with Crippen molar-refractivity contribution in [2.45, 2.75) is 0 Å². The van der Waals surface area contributed by atoms with Crippen LogP contribution in [0.4, 0.5) is 15.6 Å². The molecule has 0 fully saturated rings. The zero-order valence-electron chi connectivity index (χ0n) is 11.7. The van der Waals surface area contributed by atoms with E-state index in [0.717, 1.165) is 10.2 Å². The van der Waals surface area contributed by atoms with Gasteiger partial charge in [0.05, 0.1) is 20.9 Å². The molecule has 3 rings (SSSR count). The number of urea groups is 1. The average molecular weight is 333 g/mol. The molecular weight excluding hydrogens is 320 g/mol. The number of halogens is 1. The Bertz CT molecular complexity index is 787. The van der Waals surface area contributed by atoms with Crippen molar-refractivity contribution in [3.63, 3.8) is 0 Å². The third-order valence-electron chi connectivity index (χ3n) is 2.96. The topological polar surface area (TPSA) is 57.3 Å². The molecule has 1 heterocycles. The van der Waals surface area contributed by atoms with Gasteiger partial charge in [0.2, 0.25) is 5.13 Å². The monoisotopic (exact) mass is 332 g/mol. The fourth-order valence-corrected chi connectivity index (χ4v) is 2.99. The van der Waals surface area contributed by atoms with Gasteiger partial charge >= 0.3 is 6.03 Å². The van der Waals surface area contributed by atoms with Gasteiger partial charge in [-0.1, -0.05) is 47.2 Å². The van der Waals surface area contributed by atoms with E-state index in [9.17, 15) is 4.79 Å². The van der Waals surface area contributed by atoms with Crippen molar-refractivity contribution in [3.05, 3.63) is 53.6 Å². The van der Waals surface area contributed by atoms with Crippen molar-refractivity contribution in [3.8, 4) is 0 Å². The van der Waals surface area contributed by atoms with Crippen molar-refractivity contribution < 1.29 is 4.79 Å². The highest BCUT2D eigenvalue weighted by atomic mass is 35.5. The molecule has 2 N–H and O–H groups in total. The molecule has 0 spiro atoms. The Morgan fingerprint density at radius 1 is 1.18 bits per heavy atom. The van der Waals surface area contributed by atoms with Gasteiger partial charge in [-0.25, -0.2) is 15.2 Å². The molecule has 3 aromatic rings. The lowest BCUT2D eigenvalue weighted by Gasteiger charge is -2.17. The van der Waals surface area contributed by atoms with E-state index < -0.39 is 0 Å². The van der Waals surface area contributed by atoms with Crippen LogP contribution < -0.4 is 15.8 Å². The molecule has 2 amide bonds. The van der Waals surface area contributed by atoms with Gasteiger partial charge in [-0.3, -0.25) is 5.01 Å². The Kier molecular flexibility index (Phi) is 4.13. The maximum Gasteiger partial charge on any atom is 0.338 e. The van der Waals surface area contributed by atoms with Crippen LogP contribution in [-0.4, -0.2) is 18.1 Å². The maximum absolute atomic E-state index is 12.0. The Labute approximate surface area is 136 Å². The summed E-state index contributed by atoms with van der Waals surface area (Å²) in [7, 11) is 1.74. The molecular formula is C15H13ClN4OS. The standard InChI is InChI=1S/C15H13ClN4OS/c1-20(15-18-12-8-4-5-9-13(12)22-15)19-14(21)17-11-7-3-2-6-10(11)16/h2-9H,1H3,(H2,17,19,21). The lowest BCUT2D eigenvalue weighted by molar-refractivity contribution is 0.251. The van der Waals surface area contributed by atoms with Gasteiger partial charge in [0, 0.05) is 7.05 Å². The predicted molar refractivity (Wildman–Crippen MR) is 91.6 cm³/mol. The number of nitrogens with one attached hydrogen (secondary N) is 2. The number of fused-ring (bicyclic) bond motifs is 1. The number of carbonyl (C=O) groups is 1. The van der Waals surface area contributed by atoms with E-state index in [0.29, 0.717) is 15.8 Å². The number of anilines is 2. The smallest absolute Gasteiger partial charge is 0.305 e. The summed E-state index contributed by atoms with van der Waals surface area (Å²) in [4.78, 5) is 16.5. The highest BCUT2D eigenvalue weighted by molar-refractivity contribution is 7.22. The second kappa shape index (κ2) is 6.21. The highest BCUT2D eigenvalue weighted by Crippen LogP contribution is 2.27. The van der Waals surface area contributed by atoms with Crippen LogP contribution in [0.1, 0.15) is 0 Å². The molecule has 0 aliphatic carbocycles. The Hall–Kier alpha value is -2.31. The number of aromatic nitrogens is 1. The number of carbonyl (C=O) groups excluding carboxylic acids is 1. The minimum absolute atomic E-state index is 0.380. The number of amides is 2. The predicted octanol–water partition coefficient (Wildman–Crippen LogP) is 4.12. The van der Waals surface area contributed by atoms with Crippen molar-refractivity contribution in [2.24, 2.45) is 0 Å². The molecule has 0 bridgehead atoms. The van der Waals surface area contributed by atoms with Crippen LogP contribution in [0.2, 0.25) is 5.02 Å². The summed E-state index contributed by atoms with van der Waals surface area (Å²) in [6.45, 7) is 0. The highest BCUT2D eigenvalue weighted by Gasteiger charge is 2.11. The van der Waals surface area contributed by atoms with Gasteiger partial charge < -0.3 is 5.32 Å². The van der Waals surface area contributed by atoms with Crippen LogP contribution in [0.3, 0.4) is 0 Å². The number of para-hydroxylation sites is 2. The number of nitrogens with zero attached hydrogens (tertiary/aromatic N) is 2. The van der Waals surface area contributed by atoms with E-state index in [4.69, 9.17) is 11.6 Å². The molecule has 0 atom stereocenters. The van der Waals surface area contributed by atoms with E-state index in [2.05, 4.69) is 15.7 Å². The number of hydrogen-bond acceptors (Lipinski definition) is 4. The summed E-state index contributed by atoms with van der Waals surface area (Å²) in [6.07, 6.45) is 0. The first-order chi connectivity index (χ1) is 10.6. The first kappa shape index (κ1) is 14.6. The summed E-state index contributed by atoms with van der Waals surface area (Å²) in [5.41, 5.74) is 4.17. The second-order valence-corrected chi connectivity index (χ2v) is 5.99. The zero-order valence-corrected chi connectivity index (χ0v) is 13.3. The molecule has 0 radical (unpaired) electrons. The minimum atomic E-state index is -0.380. The van der Waals surface area contributed by atoms with E-state index in [1.54, 1.807) is 36.3 Å². The van der Waals surface area contributed by atoms with Crippen LogP contribution in [-0.2, 0) is 0 Å². The molecule has 0 aliphatic heterocycles. The molecule has 22 heavy (non-hydrogen) atoms. The normalized spacial score (nSPS) is 10.5. The van der Waals surface area contributed by atoms with Crippen LogP contribution in [0.5, 0.6) is 0 Å². The van der Waals surface area contributed by atoms with Crippen LogP contribution in [0.25, 0.3) is 10.2 Å². The van der Waals surface area contributed by atoms with Gasteiger partial charge in [0.15, 0.2) is 0 Å². The van der Waals surface area contributed by atoms with Crippen molar-refractivity contribution in [2.75, 3.05) is 17.4 Å². The van der Waals surface area contributed by atoms with Crippen molar-refractivity contribution in [1.82, 2.24) is 10.4 Å². The van der Waals surface area contributed by atoms with E-state index in [-0.39, 0.29) is 6.03 Å². The Balaban J connectivity index is 1.69. The third kappa shape index (κ3) is 3.13. The summed E-state index contributed by atoms with van der Waals surface area (Å²) in [5.74, 6) is 0. The maximum atomic E-state index is 12.0. The summed E-state index contributed by atoms with van der Waals surface area (Å²) in [5, 5.41) is 5.47. The lowest BCUT2D eigenvalue weighted by Crippen LogP contribution is -2.42. The molecule has 1 aromatic heterocycles. The SMILES string of the molecule is CN(NC(=O)Nc1ccccc1Cl)c1nc2ccccc2s1. The number of hydrazine groups is 1. The quantitative estimate of drug-likeness (QED) is 0.709. The zero-order chi connectivity index (χ0) is 15.5. The van der Waals surface area contributed by atoms with Gasteiger partial charge in [-0.2, -0.15) is 0 Å². The summed E-state index contributed by atoms with van der Waals surface area (Å²) < 4.78 is 1.07. The molecule has 7 heteroatoms. The largest absolute Gasteiger partial charge is 0.338 e. The molecule has 5 nitrogen and oxygen atoms in total. The minimum Gasteiger partial charge on any atom is -0.305 e. The molecule has 0 aliphatic rings. The van der Waals surface area contributed by atoms with Crippen LogP contribution in [0, 0.1) is 0 Å². The van der Waals surface area contributed by atoms with Crippen molar-refractivity contribution >= 4 is 50.0 Å². The summed E-state index contributed by atoms with van der Waals surface area (Å²) >= 11 is 7.51. The van der Waals surface area contributed by atoms with Crippen LogP contribution >= 0.6 is 22.9 Å². The van der Waals surface area contributed by atoms with Crippen LogP contribution in [0.15, 0.2) is 48.5 Å². The molecule has 0 saturated heterocycles.